The van der Waals surface area contributed by atoms with Crippen molar-refractivity contribution in [1.82, 2.24) is 39.5 Å². The van der Waals surface area contributed by atoms with Crippen molar-refractivity contribution in [3.05, 3.63) is 82.7 Å². The lowest BCUT2D eigenvalue weighted by atomic mass is 10.1. The van der Waals surface area contributed by atoms with E-state index in [0.29, 0.717) is 18.6 Å². The Morgan fingerprint density at radius 3 is 2.84 bits per heavy atom. The van der Waals surface area contributed by atoms with Gasteiger partial charge in [-0.25, -0.2) is 9.36 Å². The van der Waals surface area contributed by atoms with E-state index in [-0.39, 0.29) is 5.56 Å². The number of nitrogens with zero attached hydrogens (tertiary/aromatic N) is 7. The summed E-state index contributed by atoms with van der Waals surface area (Å²) in [6.07, 6.45) is 7.05. The van der Waals surface area contributed by atoms with Gasteiger partial charge in [-0.15, -0.1) is 5.10 Å². The van der Waals surface area contributed by atoms with E-state index in [1.54, 1.807) is 23.3 Å². The quantitative estimate of drug-likeness (QED) is 0.481. The van der Waals surface area contributed by atoms with E-state index in [4.69, 9.17) is 0 Å². The third-order valence-electron chi connectivity index (χ3n) is 5.78. The topological polar surface area (TPSA) is 99.2 Å². The number of aryl methyl sites for hydroxylation is 1. The molecule has 0 unspecified atom stereocenters. The molecule has 152 valence electrons. The van der Waals surface area contributed by atoms with Gasteiger partial charge in [0.25, 0.3) is 5.56 Å². The molecule has 6 aromatic rings. The normalized spacial score (nSPS) is 11.8. The zero-order valence-electron chi connectivity index (χ0n) is 16.7. The van der Waals surface area contributed by atoms with Crippen LogP contribution in [-0.2, 0) is 20.1 Å². The molecule has 1 N–H and O–H groups in total. The summed E-state index contributed by atoms with van der Waals surface area (Å²) in [5, 5.41) is 22.3. The van der Waals surface area contributed by atoms with Crippen molar-refractivity contribution in [3.63, 3.8) is 0 Å². The Kier molecular flexibility index (Phi) is 3.76. The van der Waals surface area contributed by atoms with Crippen molar-refractivity contribution >= 4 is 32.7 Å². The molecular weight excluding hydrogens is 392 g/mol. The number of H-pyrrole nitrogens is 1. The van der Waals surface area contributed by atoms with Crippen LogP contribution in [0, 0.1) is 0 Å². The molecule has 9 heteroatoms. The van der Waals surface area contributed by atoms with E-state index in [1.807, 2.05) is 42.1 Å². The van der Waals surface area contributed by atoms with Crippen LogP contribution in [0.15, 0.2) is 66.0 Å². The number of aromatic amines is 1. The molecule has 0 saturated carbocycles. The number of fused-ring (bicyclic) bond motifs is 4. The molecule has 2 aromatic carbocycles. The maximum Gasteiger partial charge on any atom is 0.291 e. The smallest absolute Gasteiger partial charge is 0.291 e. The van der Waals surface area contributed by atoms with Crippen molar-refractivity contribution in [1.29, 1.82) is 0 Å². The van der Waals surface area contributed by atoms with Gasteiger partial charge in [-0.05, 0) is 23.3 Å². The molecule has 0 saturated heterocycles. The van der Waals surface area contributed by atoms with Crippen LogP contribution in [0.5, 0.6) is 0 Å². The van der Waals surface area contributed by atoms with Crippen molar-refractivity contribution in [2.75, 3.05) is 0 Å². The van der Waals surface area contributed by atoms with Gasteiger partial charge in [0.15, 0.2) is 0 Å². The second-order valence-corrected chi connectivity index (χ2v) is 7.63. The fraction of sp³-hybridized carbons (Fsp3) is 0.136. The standard InChI is InChI=1S/C22H18N8O/c1-28-20-9-14(12-29-8-7-23-27-29)5-6-16(20)18-11-25-30(22(31)21(18)28)13-15-3-2-4-19-17(15)10-24-26-19/h2-11H,12-13H2,1H3,(H,24,26). The molecule has 0 aliphatic heterocycles. The summed E-state index contributed by atoms with van der Waals surface area (Å²) in [7, 11) is 1.92. The fourth-order valence-corrected chi connectivity index (χ4v) is 4.25. The van der Waals surface area contributed by atoms with Crippen molar-refractivity contribution in [3.8, 4) is 0 Å². The van der Waals surface area contributed by atoms with E-state index in [1.165, 1.54) is 4.68 Å². The van der Waals surface area contributed by atoms with Gasteiger partial charge in [0, 0.05) is 34.9 Å². The summed E-state index contributed by atoms with van der Waals surface area (Å²) >= 11 is 0. The zero-order valence-corrected chi connectivity index (χ0v) is 16.7. The number of hydrogen-bond acceptors (Lipinski definition) is 5. The summed E-state index contributed by atoms with van der Waals surface area (Å²) in [6.45, 7) is 0.999. The summed E-state index contributed by atoms with van der Waals surface area (Å²) < 4.78 is 5.24. The SMILES string of the molecule is Cn1c2cc(Cn3ccnn3)ccc2c2cnn(Cc3cccc4[nH]ncc34)c(=O)c21. The number of nitrogens with one attached hydrogen (secondary N) is 1. The minimum absolute atomic E-state index is 0.116. The van der Waals surface area contributed by atoms with Gasteiger partial charge in [0.1, 0.15) is 5.52 Å². The molecule has 0 radical (unpaired) electrons. The minimum atomic E-state index is -0.116. The summed E-state index contributed by atoms with van der Waals surface area (Å²) in [6, 6.07) is 12.1. The van der Waals surface area contributed by atoms with Gasteiger partial charge in [-0.2, -0.15) is 10.2 Å². The van der Waals surface area contributed by atoms with Crippen LogP contribution in [0.3, 0.4) is 0 Å². The summed E-state index contributed by atoms with van der Waals surface area (Å²) in [5.74, 6) is 0. The van der Waals surface area contributed by atoms with Gasteiger partial charge < -0.3 is 4.57 Å². The predicted molar refractivity (Wildman–Crippen MR) is 117 cm³/mol. The van der Waals surface area contributed by atoms with Crippen LogP contribution in [0.1, 0.15) is 11.1 Å². The molecule has 9 nitrogen and oxygen atoms in total. The number of rotatable bonds is 4. The second kappa shape index (κ2) is 6.63. The average molecular weight is 410 g/mol. The van der Waals surface area contributed by atoms with E-state index in [9.17, 15) is 4.79 Å². The van der Waals surface area contributed by atoms with Crippen molar-refractivity contribution < 1.29 is 0 Å². The lowest BCUT2D eigenvalue weighted by Gasteiger charge is -2.07. The second-order valence-electron chi connectivity index (χ2n) is 7.63. The van der Waals surface area contributed by atoms with Crippen LogP contribution in [0.4, 0.5) is 0 Å². The van der Waals surface area contributed by atoms with Crippen LogP contribution >= 0.6 is 0 Å². The van der Waals surface area contributed by atoms with Crippen LogP contribution in [0.2, 0.25) is 0 Å². The molecule has 0 atom stereocenters. The predicted octanol–water partition coefficient (Wildman–Crippen LogP) is 2.45. The first-order chi connectivity index (χ1) is 15.2. The molecule has 0 aliphatic carbocycles. The first-order valence-electron chi connectivity index (χ1n) is 9.91. The average Bonchev–Trinajstić information content (AvgIpc) is 3.51. The molecule has 0 spiro atoms. The van der Waals surface area contributed by atoms with Gasteiger partial charge in [0.05, 0.1) is 37.2 Å². The highest BCUT2D eigenvalue weighted by atomic mass is 16.1. The highest BCUT2D eigenvalue weighted by Gasteiger charge is 2.15. The fourth-order valence-electron chi connectivity index (χ4n) is 4.25. The van der Waals surface area contributed by atoms with Gasteiger partial charge in [-0.1, -0.05) is 29.5 Å². The maximum absolute atomic E-state index is 13.4. The molecular formula is C22H18N8O. The third-order valence-corrected chi connectivity index (χ3v) is 5.78. The van der Waals surface area contributed by atoms with Gasteiger partial charge >= 0.3 is 0 Å². The Morgan fingerprint density at radius 1 is 1.03 bits per heavy atom. The molecule has 0 fully saturated rings. The van der Waals surface area contributed by atoms with Gasteiger partial charge in [-0.3, -0.25) is 9.89 Å². The Labute approximate surface area is 175 Å². The number of hydrogen-bond donors (Lipinski definition) is 1. The van der Waals surface area contributed by atoms with Crippen LogP contribution in [0.25, 0.3) is 32.7 Å². The Bertz CT molecular complexity index is 1620. The lowest BCUT2D eigenvalue weighted by Crippen LogP contribution is -2.24. The highest BCUT2D eigenvalue weighted by Crippen LogP contribution is 2.27. The first kappa shape index (κ1) is 17.6. The Morgan fingerprint density at radius 2 is 1.97 bits per heavy atom. The number of benzene rings is 2. The van der Waals surface area contributed by atoms with Crippen LogP contribution < -0.4 is 5.56 Å². The Hall–Kier alpha value is -4.27. The molecule has 4 aromatic heterocycles. The molecule has 4 heterocycles. The largest absolute Gasteiger partial charge is 0.339 e. The molecule has 0 amide bonds. The third kappa shape index (κ3) is 2.74. The van der Waals surface area contributed by atoms with Gasteiger partial charge in [0.2, 0.25) is 0 Å². The molecule has 6 rings (SSSR count). The number of aromatic nitrogens is 8. The van der Waals surface area contributed by atoms with Crippen LogP contribution in [-0.4, -0.2) is 39.5 Å². The zero-order chi connectivity index (χ0) is 20.9. The molecule has 31 heavy (non-hydrogen) atoms. The van der Waals surface area contributed by atoms with E-state index in [2.05, 4.69) is 37.7 Å². The molecule has 0 aliphatic rings. The lowest BCUT2D eigenvalue weighted by molar-refractivity contribution is 0.647. The Balaban J connectivity index is 1.47. The minimum Gasteiger partial charge on any atom is -0.339 e. The monoisotopic (exact) mass is 410 g/mol. The van der Waals surface area contributed by atoms with Crippen molar-refractivity contribution in [2.45, 2.75) is 13.1 Å². The maximum atomic E-state index is 13.4. The van der Waals surface area contributed by atoms with Crippen molar-refractivity contribution in [2.24, 2.45) is 7.05 Å². The van der Waals surface area contributed by atoms with E-state index in [0.717, 1.165) is 38.3 Å². The summed E-state index contributed by atoms with van der Waals surface area (Å²) in [4.78, 5) is 13.4. The summed E-state index contributed by atoms with van der Waals surface area (Å²) in [5.41, 5.74) is 4.53. The highest BCUT2D eigenvalue weighted by molar-refractivity contribution is 6.07. The molecule has 0 bridgehead atoms. The van der Waals surface area contributed by atoms with E-state index >= 15 is 0 Å². The van der Waals surface area contributed by atoms with E-state index < -0.39 is 0 Å². The first-order valence-corrected chi connectivity index (χ1v) is 9.91.